The third kappa shape index (κ3) is 7.25. The normalized spacial score (nSPS) is 14.1. The third-order valence-corrected chi connectivity index (χ3v) is 6.33. The van der Waals surface area contributed by atoms with Gasteiger partial charge in [-0.1, -0.05) is 57.0 Å². The zero-order valence-electron chi connectivity index (χ0n) is 19.9. The minimum Gasteiger partial charge on any atom is -0.464 e. The van der Waals surface area contributed by atoms with E-state index in [1.165, 1.54) is 5.56 Å². The van der Waals surface area contributed by atoms with Crippen molar-refractivity contribution in [2.24, 2.45) is 11.8 Å². The molecule has 0 bridgehead atoms. The van der Waals surface area contributed by atoms with Crippen LogP contribution in [0.1, 0.15) is 63.0 Å². The van der Waals surface area contributed by atoms with Gasteiger partial charge in [-0.25, -0.2) is 0 Å². The van der Waals surface area contributed by atoms with Crippen molar-refractivity contribution in [3.63, 3.8) is 0 Å². The molecule has 0 aliphatic heterocycles. The largest absolute Gasteiger partial charge is 0.464 e. The van der Waals surface area contributed by atoms with E-state index in [1.807, 2.05) is 47.1 Å². The summed E-state index contributed by atoms with van der Waals surface area (Å²) >= 11 is 0. The minimum absolute atomic E-state index is 0.00918. The maximum Gasteiger partial charge on any atom is 0.242 e. The standard InChI is InChI=1S/C27H38N2O3/c1-21(2)15-17-29(27(31)24-11-7-8-12-24)20-26(30)28(19-25-14-13-22(3)32-25)18-16-23-9-5-4-6-10-23/h4-6,9-10,13-14,21,24H,7-8,11-12,15-20H2,1-3H3. The summed E-state index contributed by atoms with van der Waals surface area (Å²) in [5.41, 5.74) is 1.19. The lowest BCUT2D eigenvalue weighted by molar-refractivity contribution is -0.143. The number of rotatable bonds is 11. The summed E-state index contributed by atoms with van der Waals surface area (Å²) < 4.78 is 5.75. The molecule has 0 atom stereocenters. The van der Waals surface area contributed by atoms with E-state index >= 15 is 0 Å². The quantitative estimate of drug-likeness (QED) is 0.483. The smallest absolute Gasteiger partial charge is 0.242 e. The first-order valence-electron chi connectivity index (χ1n) is 12.1. The second kappa shape index (κ2) is 11.9. The Labute approximate surface area is 192 Å². The van der Waals surface area contributed by atoms with E-state index in [0.29, 0.717) is 25.6 Å². The number of carbonyl (C=O) groups excluding carboxylic acids is 2. The van der Waals surface area contributed by atoms with Gasteiger partial charge in [0.25, 0.3) is 0 Å². The van der Waals surface area contributed by atoms with E-state index in [-0.39, 0.29) is 24.3 Å². The van der Waals surface area contributed by atoms with Gasteiger partial charge in [0.2, 0.25) is 11.8 Å². The Bertz CT molecular complexity index is 853. The van der Waals surface area contributed by atoms with Crippen LogP contribution in [0.25, 0.3) is 0 Å². The molecule has 1 heterocycles. The molecule has 0 unspecified atom stereocenters. The van der Waals surface area contributed by atoms with Gasteiger partial charge in [-0.15, -0.1) is 0 Å². The molecule has 1 saturated carbocycles. The van der Waals surface area contributed by atoms with Crippen molar-refractivity contribution in [2.75, 3.05) is 19.6 Å². The fourth-order valence-electron chi connectivity index (χ4n) is 4.33. The first-order chi connectivity index (χ1) is 15.4. The van der Waals surface area contributed by atoms with Gasteiger partial charge in [-0.2, -0.15) is 0 Å². The predicted octanol–water partition coefficient (Wildman–Crippen LogP) is 5.22. The molecule has 1 aliphatic carbocycles. The van der Waals surface area contributed by atoms with E-state index in [4.69, 9.17) is 4.42 Å². The minimum atomic E-state index is -0.00918. The van der Waals surface area contributed by atoms with Crippen molar-refractivity contribution >= 4 is 11.8 Å². The number of nitrogens with zero attached hydrogens (tertiary/aromatic N) is 2. The average Bonchev–Trinajstić information content (AvgIpc) is 3.46. The van der Waals surface area contributed by atoms with Crippen LogP contribution in [-0.4, -0.2) is 41.2 Å². The van der Waals surface area contributed by atoms with Crippen LogP contribution in [0.5, 0.6) is 0 Å². The highest BCUT2D eigenvalue weighted by atomic mass is 16.3. The Morgan fingerprint density at radius 1 is 1.00 bits per heavy atom. The zero-order chi connectivity index (χ0) is 22.9. The monoisotopic (exact) mass is 438 g/mol. The van der Waals surface area contributed by atoms with Crippen molar-refractivity contribution in [3.05, 3.63) is 59.5 Å². The molecule has 174 valence electrons. The highest BCUT2D eigenvalue weighted by molar-refractivity contribution is 5.86. The molecular weight excluding hydrogens is 400 g/mol. The Morgan fingerprint density at radius 3 is 2.34 bits per heavy atom. The molecule has 0 saturated heterocycles. The Kier molecular flexibility index (Phi) is 8.95. The van der Waals surface area contributed by atoms with Crippen LogP contribution in [0.2, 0.25) is 0 Å². The van der Waals surface area contributed by atoms with Gasteiger partial charge < -0.3 is 14.2 Å². The number of benzene rings is 1. The average molecular weight is 439 g/mol. The molecule has 0 radical (unpaired) electrons. The lowest BCUT2D eigenvalue weighted by Crippen LogP contribution is -2.45. The molecule has 3 rings (SSSR count). The molecule has 1 aromatic heterocycles. The maximum absolute atomic E-state index is 13.4. The van der Waals surface area contributed by atoms with Gasteiger partial charge in [0.05, 0.1) is 13.1 Å². The summed E-state index contributed by atoms with van der Waals surface area (Å²) in [6, 6.07) is 14.1. The van der Waals surface area contributed by atoms with Crippen LogP contribution in [0.4, 0.5) is 0 Å². The number of furan rings is 1. The molecule has 5 heteroatoms. The van der Waals surface area contributed by atoms with E-state index in [1.54, 1.807) is 0 Å². The molecule has 1 aliphatic rings. The molecule has 1 fully saturated rings. The third-order valence-electron chi connectivity index (χ3n) is 6.33. The summed E-state index contributed by atoms with van der Waals surface area (Å²) in [6.07, 6.45) is 5.82. The SMILES string of the molecule is Cc1ccc(CN(CCc2ccccc2)C(=O)CN(CCC(C)C)C(=O)C2CCCC2)o1. The summed E-state index contributed by atoms with van der Waals surface area (Å²) in [4.78, 5) is 30.3. The van der Waals surface area contributed by atoms with E-state index < -0.39 is 0 Å². The van der Waals surface area contributed by atoms with Gasteiger partial charge in [0.15, 0.2) is 0 Å². The van der Waals surface area contributed by atoms with Crippen molar-refractivity contribution < 1.29 is 14.0 Å². The molecule has 0 spiro atoms. The molecule has 5 nitrogen and oxygen atoms in total. The highest BCUT2D eigenvalue weighted by Crippen LogP contribution is 2.27. The maximum atomic E-state index is 13.4. The van der Waals surface area contributed by atoms with Crippen LogP contribution in [0.3, 0.4) is 0 Å². The van der Waals surface area contributed by atoms with Gasteiger partial charge in [0.1, 0.15) is 11.5 Å². The van der Waals surface area contributed by atoms with Crippen LogP contribution in [-0.2, 0) is 22.6 Å². The van der Waals surface area contributed by atoms with Crippen LogP contribution in [0.15, 0.2) is 46.9 Å². The van der Waals surface area contributed by atoms with Crippen molar-refractivity contribution in [2.45, 2.75) is 65.8 Å². The molecule has 32 heavy (non-hydrogen) atoms. The second-order valence-electron chi connectivity index (χ2n) is 9.49. The number of aryl methyl sites for hydroxylation is 1. The molecule has 2 aromatic rings. The van der Waals surface area contributed by atoms with Crippen molar-refractivity contribution in [3.8, 4) is 0 Å². The number of hydrogen-bond donors (Lipinski definition) is 0. The second-order valence-corrected chi connectivity index (χ2v) is 9.49. The van der Waals surface area contributed by atoms with Gasteiger partial charge in [-0.05, 0) is 56.2 Å². The fraction of sp³-hybridized carbons (Fsp3) is 0.556. The predicted molar refractivity (Wildman–Crippen MR) is 127 cm³/mol. The van der Waals surface area contributed by atoms with Gasteiger partial charge >= 0.3 is 0 Å². The van der Waals surface area contributed by atoms with Gasteiger partial charge in [-0.3, -0.25) is 9.59 Å². The summed E-state index contributed by atoms with van der Waals surface area (Å²) in [5.74, 6) is 2.34. The Balaban J connectivity index is 1.70. The van der Waals surface area contributed by atoms with Crippen LogP contribution >= 0.6 is 0 Å². The summed E-state index contributed by atoms with van der Waals surface area (Å²) in [5, 5.41) is 0. The molecule has 1 aromatic carbocycles. The lowest BCUT2D eigenvalue weighted by Gasteiger charge is -2.29. The molecule has 2 amide bonds. The topological polar surface area (TPSA) is 53.8 Å². The van der Waals surface area contributed by atoms with Gasteiger partial charge in [0, 0.05) is 19.0 Å². The van der Waals surface area contributed by atoms with Crippen molar-refractivity contribution in [1.82, 2.24) is 9.80 Å². The number of carbonyl (C=O) groups is 2. The van der Waals surface area contributed by atoms with Crippen molar-refractivity contribution in [1.29, 1.82) is 0 Å². The van der Waals surface area contributed by atoms with E-state index in [9.17, 15) is 9.59 Å². The number of amides is 2. The Morgan fingerprint density at radius 2 is 1.72 bits per heavy atom. The van der Waals surface area contributed by atoms with E-state index in [0.717, 1.165) is 50.0 Å². The first-order valence-corrected chi connectivity index (χ1v) is 12.1. The lowest BCUT2D eigenvalue weighted by atomic mass is 10.1. The fourth-order valence-corrected chi connectivity index (χ4v) is 4.33. The number of hydrogen-bond acceptors (Lipinski definition) is 3. The molecular formula is C27H38N2O3. The summed E-state index contributed by atoms with van der Waals surface area (Å²) in [7, 11) is 0. The van der Waals surface area contributed by atoms with Crippen LogP contribution in [0, 0.1) is 18.8 Å². The van der Waals surface area contributed by atoms with Crippen LogP contribution < -0.4 is 0 Å². The highest BCUT2D eigenvalue weighted by Gasteiger charge is 2.29. The van der Waals surface area contributed by atoms with E-state index in [2.05, 4.69) is 26.0 Å². The molecule has 0 N–H and O–H groups in total. The zero-order valence-corrected chi connectivity index (χ0v) is 19.9. The summed E-state index contributed by atoms with van der Waals surface area (Å²) in [6.45, 7) is 8.04. The first kappa shape index (κ1) is 24.1. The Hall–Kier alpha value is -2.56.